The smallest absolute Gasteiger partial charge is 0.00979 e. The monoisotopic (exact) mass is 612 g/mol. The van der Waals surface area contributed by atoms with E-state index in [0.29, 0.717) is 0 Å². The summed E-state index contributed by atoms with van der Waals surface area (Å²) in [5.74, 6) is 2.13. The predicted molar refractivity (Wildman–Crippen MR) is 204 cm³/mol. The number of rotatable bonds is 22. The minimum atomic E-state index is 1.07. The van der Waals surface area contributed by atoms with Crippen molar-refractivity contribution in [3.05, 3.63) is 84.9 Å². The second kappa shape index (κ2) is 39.6. The molecule has 0 fully saturated rings. The fourth-order valence-corrected chi connectivity index (χ4v) is 4.82. The first-order valence-corrected chi connectivity index (χ1v) is 18.5. The second-order valence-corrected chi connectivity index (χ2v) is 11.9. The maximum atomic E-state index is 4.20. The van der Waals surface area contributed by atoms with E-state index in [9.17, 15) is 0 Å². The van der Waals surface area contributed by atoms with E-state index in [1.54, 1.807) is 0 Å². The molecular weight excluding hydrogens is 545 g/mol. The summed E-state index contributed by atoms with van der Waals surface area (Å²) in [6.07, 6.45) is 32.0. The maximum absolute atomic E-state index is 4.20. The lowest BCUT2D eigenvalue weighted by Gasteiger charge is -2.00. The van der Waals surface area contributed by atoms with Crippen LogP contribution in [-0.4, -0.2) is 11.5 Å². The highest BCUT2D eigenvalue weighted by molar-refractivity contribution is 7.80. The molecule has 0 aliphatic heterocycles. The number of hydrogen-bond donors (Lipinski definition) is 2. The molecule has 2 aromatic rings. The summed E-state index contributed by atoms with van der Waals surface area (Å²) in [6.45, 7) is 11.8. The van der Waals surface area contributed by atoms with Crippen LogP contribution in [0.15, 0.2) is 73.8 Å². The van der Waals surface area contributed by atoms with Gasteiger partial charge in [0.1, 0.15) is 0 Å². The minimum absolute atomic E-state index is 1.07. The standard InChI is InChI=1S/2C12H26S.2C8H8/c2*1-2-3-4-5-6-7-8-9-10-11-12-13;2*1-2-8-6-4-3-5-7-8/h2*13H,2-12H2,1H3;2*2-7H,1H2. The number of thiol groups is 2. The molecule has 0 aromatic heterocycles. The molecule has 2 heteroatoms. The van der Waals surface area contributed by atoms with Gasteiger partial charge in [-0.05, 0) is 35.5 Å². The Bertz CT molecular complexity index is 655. The number of hydrogen-bond acceptors (Lipinski definition) is 2. The van der Waals surface area contributed by atoms with Gasteiger partial charge >= 0.3 is 0 Å². The van der Waals surface area contributed by atoms with Gasteiger partial charge in [-0.15, -0.1) is 0 Å². The summed E-state index contributed by atoms with van der Waals surface area (Å²) < 4.78 is 0. The first-order valence-electron chi connectivity index (χ1n) is 17.3. The normalized spacial score (nSPS) is 9.81. The van der Waals surface area contributed by atoms with E-state index in [1.165, 1.54) is 140 Å². The highest BCUT2D eigenvalue weighted by Gasteiger charge is 1.92. The van der Waals surface area contributed by atoms with Crippen LogP contribution in [0.3, 0.4) is 0 Å². The lowest BCUT2D eigenvalue weighted by Crippen LogP contribution is -1.81. The minimum Gasteiger partial charge on any atom is -0.179 e. The third kappa shape index (κ3) is 36.6. The molecule has 0 N–H and O–H groups in total. The molecule has 0 radical (unpaired) electrons. The molecule has 0 unspecified atom stereocenters. The van der Waals surface area contributed by atoms with E-state index < -0.39 is 0 Å². The molecule has 2 rings (SSSR count). The second-order valence-electron chi connectivity index (χ2n) is 11.0. The average molecular weight is 613 g/mol. The Morgan fingerprint density at radius 3 is 0.833 bits per heavy atom. The van der Waals surface area contributed by atoms with E-state index in [-0.39, 0.29) is 0 Å². The van der Waals surface area contributed by atoms with Crippen LogP contribution in [0.2, 0.25) is 0 Å². The third-order valence-electron chi connectivity index (χ3n) is 7.09. The topological polar surface area (TPSA) is 0 Å². The molecule has 0 atom stereocenters. The zero-order chi connectivity index (χ0) is 31.2. The molecule has 0 saturated carbocycles. The molecule has 0 saturated heterocycles. The Morgan fingerprint density at radius 1 is 0.405 bits per heavy atom. The first kappa shape index (κ1) is 42.8. The number of unbranched alkanes of at least 4 members (excludes halogenated alkanes) is 18. The molecule has 0 nitrogen and oxygen atoms in total. The molecule has 2 aromatic carbocycles. The lowest BCUT2D eigenvalue weighted by atomic mass is 10.1. The van der Waals surface area contributed by atoms with E-state index in [2.05, 4.69) is 52.3 Å². The summed E-state index contributed by atoms with van der Waals surface area (Å²) in [5, 5.41) is 0. The maximum Gasteiger partial charge on any atom is -0.00979 e. The highest BCUT2D eigenvalue weighted by atomic mass is 32.1. The summed E-state index contributed by atoms with van der Waals surface area (Å²) in [4.78, 5) is 0. The van der Waals surface area contributed by atoms with Crippen LogP contribution in [0.4, 0.5) is 0 Å². The molecule has 0 aliphatic carbocycles. The van der Waals surface area contributed by atoms with Gasteiger partial charge < -0.3 is 0 Å². The Balaban J connectivity index is 0. The van der Waals surface area contributed by atoms with Crippen molar-refractivity contribution in [3.8, 4) is 0 Å². The molecule has 0 bridgehead atoms. The molecule has 0 aliphatic rings. The molecule has 0 amide bonds. The predicted octanol–water partition coefficient (Wildman–Crippen LogP) is 14.3. The van der Waals surface area contributed by atoms with Gasteiger partial charge in [-0.2, -0.15) is 25.3 Å². The summed E-state index contributed by atoms with van der Waals surface area (Å²) in [5.41, 5.74) is 2.35. The summed E-state index contributed by atoms with van der Waals surface area (Å²) in [6, 6.07) is 20.1. The van der Waals surface area contributed by atoms with Crippen molar-refractivity contribution >= 4 is 37.4 Å². The van der Waals surface area contributed by atoms with E-state index in [1.807, 2.05) is 72.8 Å². The van der Waals surface area contributed by atoms with Crippen molar-refractivity contribution in [1.82, 2.24) is 0 Å². The van der Waals surface area contributed by atoms with Crippen LogP contribution >= 0.6 is 25.3 Å². The lowest BCUT2D eigenvalue weighted by molar-refractivity contribution is 0.563. The third-order valence-corrected chi connectivity index (χ3v) is 7.73. The largest absolute Gasteiger partial charge is 0.179 e. The van der Waals surface area contributed by atoms with Gasteiger partial charge in [0.15, 0.2) is 0 Å². The van der Waals surface area contributed by atoms with Gasteiger partial charge in [0.2, 0.25) is 0 Å². The molecule has 0 heterocycles. The van der Waals surface area contributed by atoms with Crippen LogP contribution in [0, 0.1) is 0 Å². The van der Waals surface area contributed by atoms with E-state index in [0.717, 1.165) is 11.5 Å². The first-order chi connectivity index (χ1) is 20.7. The fraction of sp³-hybridized carbons (Fsp3) is 0.600. The molecule has 0 spiro atoms. The van der Waals surface area contributed by atoms with Crippen molar-refractivity contribution < 1.29 is 0 Å². The van der Waals surface area contributed by atoms with Gasteiger partial charge in [0.05, 0.1) is 0 Å². The molecular formula is C40H68S2. The van der Waals surface area contributed by atoms with Crippen molar-refractivity contribution in [3.63, 3.8) is 0 Å². The van der Waals surface area contributed by atoms with Crippen molar-refractivity contribution in [2.75, 3.05) is 11.5 Å². The quantitative estimate of drug-likeness (QED) is 0.0959. The average Bonchev–Trinajstić information content (AvgIpc) is 3.05. The van der Waals surface area contributed by atoms with Crippen LogP contribution in [-0.2, 0) is 0 Å². The van der Waals surface area contributed by atoms with E-state index >= 15 is 0 Å². The highest BCUT2D eigenvalue weighted by Crippen LogP contribution is 2.11. The van der Waals surface area contributed by atoms with Gasteiger partial charge in [-0.1, -0.05) is 215 Å². The van der Waals surface area contributed by atoms with Crippen molar-refractivity contribution in [1.29, 1.82) is 0 Å². The SMILES string of the molecule is C=Cc1ccccc1.C=Cc1ccccc1.CCCCCCCCCCCCS.CCCCCCCCCCCCS. The van der Waals surface area contributed by atoms with Crippen molar-refractivity contribution in [2.24, 2.45) is 0 Å². The Labute approximate surface area is 275 Å². The fourth-order valence-electron chi connectivity index (χ4n) is 4.38. The van der Waals surface area contributed by atoms with E-state index in [4.69, 9.17) is 0 Å². The van der Waals surface area contributed by atoms with Gasteiger partial charge in [0.25, 0.3) is 0 Å². The number of benzene rings is 2. The van der Waals surface area contributed by atoms with Crippen LogP contribution in [0.5, 0.6) is 0 Å². The summed E-state index contributed by atoms with van der Waals surface area (Å²) in [7, 11) is 0. The van der Waals surface area contributed by atoms with Crippen molar-refractivity contribution in [2.45, 2.75) is 142 Å². The zero-order valence-electron chi connectivity index (χ0n) is 27.8. The van der Waals surface area contributed by atoms with Crippen LogP contribution in [0.25, 0.3) is 12.2 Å². The zero-order valence-corrected chi connectivity index (χ0v) is 29.6. The Kier molecular flexibility index (Phi) is 40.3. The van der Waals surface area contributed by atoms with Gasteiger partial charge in [0, 0.05) is 0 Å². The molecule has 42 heavy (non-hydrogen) atoms. The van der Waals surface area contributed by atoms with Crippen LogP contribution < -0.4 is 0 Å². The van der Waals surface area contributed by atoms with Gasteiger partial charge in [-0.25, -0.2) is 0 Å². The molecule has 240 valence electrons. The Morgan fingerprint density at radius 2 is 0.643 bits per heavy atom. The summed E-state index contributed by atoms with van der Waals surface area (Å²) >= 11 is 8.40. The Hall–Kier alpha value is -1.38. The van der Waals surface area contributed by atoms with Crippen LogP contribution in [0.1, 0.15) is 153 Å². The van der Waals surface area contributed by atoms with Gasteiger partial charge in [-0.3, -0.25) is 0 Å².